The molecule has 0 fully saturated rings. The van der Waals surface area contributed by atoms with Gasteiger partial charge in [0.2, 0.25) is 0 Å². The summed E-state index contributed by atoms with van der Waals surface area (Å²) in [6.45, 7) is -0.265. The van der Waals surface area contributed by atoms with E-state index in [4.69, 9.17) is 0 Å². The van der Waals surface area contributed by atoms with Crippen molar-refractivity contribution in [3.8, 4) is 11.1 Å². The third kappa shape index (κ3) is 3.56. The van der Waals surface area contributed by atoms with Crippen LogP contribution in [0.15, 0.2) is 59.8 Å². The van der Waals surface area contributed by atoms with Crippen molar-refractivity contribution in [2.45, 2.75) is 6.54 Å². The molecule has 29 heavy (non-hydrogen) atoms. The fourth-order valence-electron chi connectivity index (χ4n) is 3.07. The van der Waals surface area contributed by atoms with Crippen molar-refractivity contribution >= 4 is 17.0 Å². The Morgan fingerprint density at radius 1 is 0.966 bits per heavy atom. The number of halogens is 2. The first kappa shape index (κ1) is 18.7. The highest BCUT2D eigenvalue weighted by atomic mass is 19.1. The first-order chi connectivity index (χ1) is 13.9. The van der Waals surface area contributed by atoms with Gasteiger partial charge in [-0.3, -0.25) is 9.36 Å². The smallest absolute Gasteiger partial charge is 0.269 e. The zero-order valence-corrected chi connectivity index (χ0v) is 15.8. The van der Waals surface area contributed by atoms with Gasteiger partial charge in [0.15, 0.2) is 5.65 Å². The van der Waals surface area contributed by atoms with Gasteiger partial charge >= 0.3 is 0 Å². The average molecular weight is 393 g/mol. The summed E-state index contributed by atoms with van der Waals surface area (Å²) in [5.41, 5.74) is 1.04. The second-order valence-electron chi connectivity index (χ2n) is 6.75. The quantitative estimate of drug-likeness (QED) is 0.533. The number of rotatable bonds is 4. The van der Waals surface area contributed by atoms with Crippen molar-refractivity contribution in [2.24, 2.45) is 0 Å². The Morgan fingerprint density at radius 3 is 2.38 bits per heavy atom. The first-order valence-corrected chi connectivity index (χ1v) is 8.86. The lowest BCUT2D eigenvalue weighted by Gasteiger charge is -2.13. The van der Waals surface area contributed by atoms with Gasteiger partial charge in [-0.2, -0.15) is 0 Å². The molecule has 3 aromatic heterocycles. The highest BCUT2D eigenvalue weighted by Gasteiger charge is 2.15. The summed E-state index contributed by atoms with van der Waals surface area (Å²) < 4.78 is 30.9. The van der Waals surface area contributed by atoms with E-state index >= 15 is 0 Å². The van der Waals surface area contributed by atoms with Gasteiger partial charge in [0.05, 0.1) is 18.3 Å². The molecule has 0 N–H and O–H groups in total. The maximum Gasteiger partial charge on any atom is 0.269 e. The molecule has 0 aliphatic rings. The SMILES string of the molecule is CN(C)c1ccc(-c2cc(F)c(Cn3c(=O)cnc4ncccc43)c(F)c2)cn1. The standard InChI is InChI=1S/C21H17F2N5O/c1-27(2)19-6-5-13(10-25-19)14-8-16(22)15(17(23)9-14)12-28-18-4-3-7-24-21(18)26-11-20(28)29/h3-11H,12H2,1-2H3. The van der Waals surface area contributed by atoms with E-state index in [0.29, 0.717) is 22.3 Å². The third-order valence-corrected chi connectivity index (χ3v) is 4.62. The van der Waals surface area contributed by atoms with Crippen molar-refractivity contribution in [3.63, 3.8) is 0 Å². The molecule has 4 aromatic rings. The highest BCUT2D eigenvalue weighted by Crippen LogP contribution is 2.26. The lowest BCUT2D eigenvalue weighted by Crippen LogP contribution is -2.22. The maximum atomic E-state index is 14.8. The van der Waals surface area contributed by atoms with Crippen molar-refractivity contribution in [1.29, 1.82) is 0 Å². The molecule has 0 bridgehead atoms. The molecule has 146 valence electrons. The van der Waals surface area contributed by atoms with E-state index in [2.05, 4.69) is 15.0 Å². The van der Waals surface area contributed by atoms with Crippen molar-refractivity contribution in [2.75, 3.05) is 19.0 Å². The van der Waals surface area contributed by atoms with Gasteiger partial charge in [0, 0.05) is 37.6 Å². The number of hydrogen-bond donors (Lipinski definition) is 0. The summed E-state index contributed by atoms with van der Waals surface area (Å²) in [7, 11) is 3.72. The molecule has 0 atom stereocenters. The average Bonchev–Trinajstić information content (AvgIpc) is 2.72. The first-order valence-electron chi connectivity index (χ1n) is 8.86. The molecular formula is C21H17F2N5O. The summed E-state index contributed by atoms with van der Waals surface area (Å²) in [5.74, 6) is -0.737. The van der Waals surface area contributed by atoms with E-state index in [9.17, 15) is 13.6 Å². The topological polar surface area (TPSA) is 63.9 Å². The van der Waals surface area contributed by atoms with Gasteiger partial charge in [-0.05, 0) is 42.0 Å². The molecule has 0 spiro atoms. The van der Waals surface area contributed by atoms with Gasteiger partial charge < -0.3 is 4.90 Å². The van der Waals surface area contributed by atoms with Crippen LogP contribution in [0.5, 0.6) is 0 Å². The van der Waals surface area contributed by atoms with Crippen molar-refractivity contribution in [3.05, 3.63) is 82.5 Å². The molecule has 0 amide bonds. The third-order valence-electron chi connectivity index (χ3n) is 4.62. The summed E-state index contributed by atoms with van der Waals surface area (Å²) in [6.07, 6.45) is 4.20. The van der Waals surface area contributed by atoms with Crippen LogP contribution >= 0.6 is 0 Å². The number of anilines is 1. The summed E-state index contributed by atoms with van der Waals surface area (Å²) in [4.78, 5) is 26.4. The Hall–Kier alpha value is -3.68. The van der Waals surface area contributed by atoms with Crippen LogP contribution in [0.2, 0.25) is 0 Å². The van der Waals surface area contributed by atoms with Gasteiger partial charge in [-0.25, -0.2) is 23.7 Å². The molecule has 0 aliphatic heterocycles. The Kier molecular flexibility index (Phi) is 4.75. The molecule has 8 heteroatoms. The van der Waals surface area contributed by atoms with E-state index in [1.54, 1.807) is 30.5 Å². The number of aromatic nitrogens is 4. The van der Waals surface area contributed by atoms with E-state index in [0.717, 1.165) is 12.0 Å². The van der Waals surface area contributed by atoms with E-state index in [-0.39, 0.29) is 12.1 Å². The van der Waals surface area contributed by atoms with Crippen LogP contribution < -0.4 is 10.5 Å². The number of fused-ring (bicyclic) bond motifs is 1. The van der Waals surface area contributed by atoms with Crippen molar-refractivity contribution in [1.82, 2.24) is 19.5 Å². The van der Waals surface area contributed by atoms with Crippen LogP contribution in [0.25, 0.3) is 22.3 Å². The lowest BCUT2D eigenvalue weighted by molar-refractivity contribution is 0.545. The van der Waals surface area contributed by atoms with Gasteiger partial charge in [0.1, 0.15) is 17.5 Å². The number of benzene rings is 1. The van der Waals surface area contributed by atoms with E-state index in [1.807, 2.05) is 19.0 Å². The summed E-state index contributed by atoms with van der Waals surface area (Å²) >= 11 is 0. The molecule has 0 unspecified atom stereocenters. The zero-order valence-electron chi connectivity index (χ0n) is 15.8. The molecule has 4 rings (SSSR count). The Bertz CT molecular complexity index is 1230. The molecule has 0 saturated heterocycles. The normalized spacial score (nSPS) is 11.0. The predicted molar refractivity (Wildman–Crippen MR) is 107 cm³/mol. The molecule has 0 radical (unpaired) electrons. The van der Waals surface area contributed by atoms with Crippen LogP contribution in [0.1, 0.15) is 5.56 Å². The predicted octanol–water partition coefficient (Wildman–Crippen LogP) is 3.25. The van der Waals surface area contributed by atoms with E-state index < -0.39 is 17.2 Å². The van der Waals surface area contributed by atoms with Gasteiger partial charge in [-0.1, -0.05) is 0 Å². The van der Waals surface area contributed by atoms with Crippen LogP contribution in [-0.2, 0) is 6.54 Å². The Morgan fingerprint density at radius 2 is 1.72 bits per heavy atom. The zero-order chi connectivity index (χ0) is 20.5. The largest absolute Gasteiger partial charge is 0.363 e. The van der Waals surface area contributed by atoms with Gasteiger partial charge in [-0.15, -0.1) is 0 Å². The fraction of sp³-hybridized carbons (Fsp3) is 0.143. The minimum absolute atomic E-state index is 0.204. The second-order valence-corrected chi connectivity index (χ2v) is 6.75. The number of pyridine rings is 2. The number of hydrogen-bond acceptors (Lipinski definition) is 5. The Labute approximate surface area is 165 Å². The van der Waals surface area contributed by atoms with Crippen LogP contribution in [0, 0.1) is 11.6 Å². The Balaban J connectivity index is 1.74. The summed E-state index contributed by atoms with van der Waals surface area (Å²) in [5, 5.41) is 0. The monoisotopic (exact) mass is 393 g/mol. The molecule has 6 nitrogen and oxygen atoms in total. The van der Waals surface area contributed by atoms with Crippen molar-refractivity contribution < 1.29 is 8.78 Å². The molecule has 0 saturated carbocycles. The minimum Gasteiger partial charge on any atom is -0.363 e. The van der Waals surface area contributed by atoms with Crippen LogP contribution in [-0.4, -0.2) is 33.6 Å². The highest BCUT2D eigenvalue weighted by molar-refractivity contribution is 5.69. The molecule has 1 aromatic carbocycles. The second kappa shape index (κ2) is 7.38. The van der Waals surface area contributed by atoms with E-state index in [1.165, 1.54) is 22.9 Å². The fourth-order valence-corrected chi connectivity index (χ4v) is 3.07. The molecule has 0 aliphatic carbocycles. The maximum absolute atomic E-state index is 14.8. The number of nitrogens with zero attached hydrogens (tertiary/aromatic N) is 5. The van der Waals surface area contributed by atoms with Crippen LogP contribution in [0.4, 0.5) is 14.6 Å². The molecular weight excluding hydrogens is 376 g/mol. The van der Waals surface area contributed by atoms with Gasteiger partial charge in [0.25, 0.3) is 5.56 Å². The molecule has 3 heterocycles. The van der Waals surface area contributed by atoms with Crippen LogP contribution in [0.3, 0.4) is 0 Å². The lowest BCUT2D eigenvalue weighted by atomic mass is 10.0. The minimum atomic E-state index is -0.738. The summed E-state index contributed by atoms with van der Waals surface area (Å²) in [6, 6.07) is 9.30.